The van der Waals surface area contributed by atoms with E-state index >= 15 is 0 Å². The second-order valence-corrected chi connectivity index (χ2v) is 5.83. The predicted molar refractivity (Wildman–Crippen MR) is 79.0 cm³/mol. The average molecular weight is 313 g/mol. The monoisotopic (exact) mass is 312 g/mol. The Hall–Kier alpha value is -0.580. The van der Waals surface area contributed by atoms with E-state index < -0.39 is 0 Å². The number of halogens is 1. The second-order valence-electron chi connectivity index (χ2n) is 4.98. The molecule has 2 rings (SSSR count). The summed E-state index contributed by atoms with van der Waals surface area (Å²) in [5.74, 6) is 0. The van der Waals surface area contributed by atoms with E-state index in [0.717, 1.165) is 36.2 Å². The summed E-state index contributed by atoms with van der Waals surface area (Å²) >= 11 is 3.61. The lowest BCUT2D eigenvalue weighted by atomic mass is 10.1. The van der Waals surface area contributed by atoms with E-state index in [-0.39, 0.29) is 6.04 Å². The molecule has 1 aliphatic rings. The highest BCUT2D eigenvalue weighted by Gasteiger charge is 2.16. The number of benzene rings is 1. The van der Waals surface area contributed by atoms with Crippen molar-refractivity contribution in [3.63, 3.8) is 0 Å². The molecule has 1 aromatic rings. The van der Waals surface area contributed by atoms with E-state index in [2.05, 4.69) is 46.0 Å². The quantitative estimate of drug-likeness (QED) is 0.912. The zero-order valence-electron chi connectivity index (χ0n) is 11.0. The smallest absolute Gasteiger partial charge is 0.0721 e. The minimum atomic E-state index is 0.0554. The Morgan fingerprint density at radius 2 is 2.28 bits per heavy atom. The Kier molecular flexibility index (Phi) is 4.65. The molecule has 0 aromatic heterocycles. The summed E-state index contributed by atoms with van der Waals surface area (Å²) in [6.45, 7) is 6.99. The van der Waals surface area contributed by atoms with Crippen LogP contribution in [0.3, 0.4) is 0 Å². The van der Waals surface area contributed by atoms with E-state index in [9.17, 15) is 0 Å². The third kappa shape index (κ3) is 3.25. The van der Waals surface area contributed by atoms with Gasteiger partial charge in [0.1, 0.15) is 0 Å². The van der Waals surface area contributed by atoms with Gasteiger partial charge in [-0.25, -0.2) is 0 Å². The highest BCUT2D eigenvalue weighted by Crippen LogP contribution is 2.28. The molecule has 1 aromatic carbocycles. The van der Waals surface area contributed by atoms with Crippen molar-refractivity contribution in [2.45, 2.75) is 32.4 Å². The van der Waals surface area contributed by atoms with Crippen molar-refractivity contribution in [1.29, 1.82) is 0 Å². The van der Waals surface area contributed by atoms with Crippen molar-refractivity contribution in [2.75, 3.05) is 24.6 Å². The predicted octanol–water partition coefficient (Wildman–Crippen LogP) is 3.08. The van der Waals surface area contributed by atoms with Crippen LogP contribution in [0.5, 0.6) is 0 Å². The van der Waals surface area contributed by atoms with Crippen molar-refractivity contribution in [3.8, 4) is 0 Å². The summed E-state index contributed by atoms with van der Waals surface area (Å²) in [5, 5.41) is 0. The lowest BCUT2D eigenvalue weighted by Crippen LogP contribution is -2.30. The molecule has 2 atom stereocenters. The molecule has 2 N–H and O–H groups in total. The summed E-state index contributed by atoms with van der Waals surface area (Å²) in [4.78, 5) is 2.38. The van der Waals surface area contributed by atoms with Crippen LogP contribution in [0.1, 0.15) is 31.9 Å². The largest absolute Gasteiger partial charge is 0.377 e. The van der Waals surface area contributed by atoms with Gasteiger partial charge >= 0.3 is 0 Å². The van der Waals surface area contributed by atoms with Gasteiger partial charge in [-0.05, 0) is 38.0 Å². The summed E-state index contributed by atoms with van der Waals surface area (Å²) in [7, 11) is 0. The third-order valence-corrected chi connectivity index (χ3v) is 3.98. The van der Waals surface area contributed by atoms with Gasteiger partial charge in [-0.1, -0.05) is 22.0 Å². The molecule has 0 bridgehead atoms. The number of anilines is 1. The molecule has 0 saturated carbocycles. The Bertz CT molecular complexity index is 409. The van der Waals surface area contributed by atoms with Crippen molar-refractivity contribution in [3.05, 3.63) is 28.2 Å². The van der Waals surface area contributed by atoms with E-state index in [1.54, 1.807) is 0 Å². The normalized spacial score (nSPS) is 22.7. The lowest BCUT2D eigenvalue weighted by Gasteiger charge is -2.25. The van der Waals surface area contributed by atoms with Gasteiger partial charge < -0.3 is 15.4 Å². The van der Waals surface area contributed by atoms with Crippen LogP contribution in [0, 0.1) is 0 Å². The van der Waals surface area contributed by atoms with E-state index in [4.69, 9.17) is 10.5 Å². The Morgan fingerprint density at radius 1 is 1.50 bits per heavy atom. The maximum absolute atomic E-state index is 5.93. The Labute approximate surface area is 117 Å². The van der Waals surface area contributed by atoms with Gasteiger partial charge in [-0.15, -0.1) is 0 Å². The minimum Gasteiger partial charge on any atom is -0.377 e. The number of rotatable bonds is 2. The fourth-order valence-corrected chi connectivity index (χ4v) is 3.04. The topological polar surface area (TPSA) is 38.5 Å². The molecule has 1 heterocycles. The number of hydrogen-bond acceptors (Lipinski definition) is 3. The highest BCUT2D eigenvalue weighted by molar-refractivity contribution is 9.10. The molecule has 18 heavy (non-hydrogen) atoms. The van der Waals surface area contributed by atoms with Crippen molar-refractivity contribution in [2.24, 2.45) is 5.73 Å². The highest BCUT2D eigenvalue weighted by atomic mass is 79.9. The number of hydrogen-bond donors (Lipinski definition) is 1. The fourth-order valence-electron chi connectivity index (χ4n) is 2.31. The van der Waals surface area contributed by atoms with Crippen molar-refractivity contribution < 1.29 is 4.74 Å². The maximum Gasteiger partial charge on any atom is 0.0721 e. The van der Waals surface area contributed by atoms with Crippen LogP contribution in [0.15, 0.2) is 22.7 Å². The van der Waals surface area contributed by atoms with Crippen LogP contribution in [-0.4, -0.2) is 25.8 Å². The molecule has 0 amide bonds. The van der Waals surface area contributed by atoms with Crippen LogP contribution < -0.4 is 10.6 Å². The first-order valence-electron chi connectivity index (χ1n) is 6.49. The van der Waals surface area contributed by atoms with Gasteiger partial charge in [0, 0.05) is 35.9 Å². The SMILES string of the molecule is CC1CN(c2ccc([C@H](C)N)c(Br)c2)CCCO1. The summed E-state index contributed by atoms with van der Waals surface area (Å²) < 4.78 is 6.76. The van der Waals surface area contributed by atoms with Gasteiger partial charge in [0.25, 0.3) is 0 Å². The number of nitrogens with zero attached hydrogens (tertiary/aromatic N) is 1. The third-order valence-electron chi connectivity index (χ3n) is 3.29. The first-order valence-corrected chi connectivity index (χ1v) is 7.29. The van der Waals surface area contributed by atoms with E-state index in [1.165, 1.54) is 5.69 Å². The van der Waals surface area contributed by atoms with Crippen LogP contribution in [0.25, 0.3) is 0 Å². The molecule has 100 valence electrons. The van der Waals surface area contributed by atoms with E-state index in [0.29, 0.717) is 6.10 Å². The Balaban J connectivity index is 2.19. The summed E-state index contributed by atoms with van der Waals surface area (Å²) in [6, 6.07) is 6.48. The summed E-state index contributed by atoms with van der Waals surface area (Å²) in [5.41, 5.74) is 8.32. The van der Waals surface area contributed by atoms with Crippen LogP contribution in [0.4, 0.5) is 5.69 Å². The summed E-state index contributed by atoms with van der Waals surface area (Å²) in [6.07, 6.45) is 1.37. The molecule has 3 nitrogen and oxygen atoms in total. The van der Waals surface area contributed by atoms with Crippen LogP contribution in [-0.2, 0) is 4.74 Å². The molecule has 1 unspecified atom stereocenters. The van der Waals surface area contributed by atoms with Crippen LogP contribution >= 0.6 is 15.9 Å². The molecule has 0 spiro atoms. The minimum absolute atomic E-state index is 0.0554. The average Bonchev–Trinajstić information content (AvgIpc) is 2.53. The standard InChI is InChI=1S/C14H21BrN2O/c1-10-9-17(6-3-7-18-10)12-4-5-13(11(2)16)14(15)8-12/h4-5,8,10-11H,3,6-7,9,16H2,1-2H3/t10?,11-/m0/s1. The van der Waals surface area contributed by atoms with Gasteiger partial charge in [-0.3, -0.25) is 0 Å². The molecule has 1 saturated heterocycles. The molecular formula is C14H21BrN2O. The number of nitrogens with two attached hydrogens (primary N) is 1. The second kappa shape index (κ2) is 6.04. The lowest BCUT2D eigenvalue weighted by molar-refractivity contribution is 0.0821. The molecule has 4 heteroatoms. The van der Waals surface area contributed by atoms with Crippen molar-refractivity contribution in [1.82, 2.24) is 0 Å². The molecule has 1 fully saturated rings. The number of ether oxygens (including phenoxy) is 1. The molecule has 0 radical (unpaired) electrons. The van der Waals surface area contributed by atoms with E-state index in [1.807, 2.05) is 6.92 Å². The zero-order valence-corrected chi connectivity index (χ0v) is 12.6. The molecule has 1 aliphatic heterocycles. The van der Waals surface area contributed by atoms with Gasteiger partial charge in [0.15, 0.2) is 0 Å². The molecular weight excluding hydrogens is 292 g/mol. The first kappa shape index (κ1) is 13.8. The maximum atomic E-state index is 5.93. The van der Waals surface area contributed by atoms with Crippen molar-refractivity contribution >= 4 is 21.6 Å². The van der Waals surface area contributed by atoms with Gasteiger partial charge in [0.05, 0.1) is 6.10 Å². The first-order chi connectivity index (χ1) is 8.58. The van der Waals surface area contributed by atoms with Gasteiger partial charge in [-0.2, -0.15) is 0 Å². The fraction of sp³-hybridized carbons (Fsp3) is 0.571. The van der Waals surface area contributed by atoms with Crippen LogP contribution in [0.2, 0.25) is 0 Å². The molecule has 0 aliphatic carbocycles. The Morgan fingerprint density at radius 3 is 2.94 bits per heavy atom. The zero-order chi connectivity index (χ0) is 13.1. The van der Waals surface area contributed by atoms with Gasteiger partial charge in [0.2, 0.25) is 0 Å².